The lowest BCUT2D eigenvalue weighted by Gasteiger charge is -2.62. The molecule has 1 aliphatic heterocycles. The van der Waals surface area contributed by atoms with Gasteiger partial charge in [0.1, 0.15) is 0 Å². The van der Waals surface area contributed by atoms with Gasteiger partial charge in [0, 0.05) is 5.92 Å². The molecule has 4 nitrogen and oxygen atoms in total. The molecule has 11 atom stereocenters. The van der Waals surface area contributed by atoms with Crippen LogP contribution < -0.4 is 0 Å². The third kappa shape index (κ3) is 1.71. The number of fused-ring (bicyclic) bond motifs is 7. The van der Waals surface area contributed by atoms with E-state index in [9.17, 15) is 15.3 Å². The number of hydrogen-bond donors (Lipinski definition) is 3. The van der Waals surface area contributed by atoms with Crippen LogP contribution in [0.3, 0.4) is 0 Å². The molecule has 0 bridgehead atoms. The lowest BCUT2D eigenvalue weighted by Crippen LogP contribution is -2.64. The summed E-state index contributed by atoms with van der Waals surface area (Å²) in [6.45, 7) is 4.55. The van der Waals surface area contributed by atoms with E-state index in [-0.39, 0.29) is 34.9 Å². The molecule has 4 saturated carbocycles. The van der Waals surface area contributed by atoms with Crippen molar-refractivity contribution in [2.24, 2.45) is 34.5 Å². The predicted octanol–water partition coefficient (Wildman–Crippen LogP) is 1.71. The zero-order chi connectivity index (χ0) is 16.1. The molecule has 1 saturated heterocycles. The highest BCUT2D eigenvalue weighted by Crippen LogP contribution is 2.68. The Morgan fingerprint density at radius 2 is 1.52 bits per heavy atom. The molecule has 4 aliphatic carbocycles. The second kappa shape index (κ2) is 4.51. The van der Waals surface area contributed by atoms with Crippen LogP contribution in [0.1, 0.15) is 52.4 Å². The Morgan fingerprint density at radius 1 is 0.826 bits per heavy atom. The molecule has 0 aromatic heterocycles. The molecule has 0 spiro atoms. The molecular weight excluding hydrogens is 292 g/mol. The molecule has 0 aromatic carbocycles. The maximum atomic E-state index is 11.0. The SMILES string of the molecule is C[C@]12CC[C@H]3O[C@H]3C1[C@@H](O)[C@H](O)C1C2CC[C@@]2(C)C1CC[C@@H]2O. The Kier molecular flexibility index (Phi) is 2.97. The molecule has 0 aromatic rings. The van der Waals surface area contributed by atoms with E-state index in [0.717, 1.165) is 38.5 Å². The number of epoxide rings is 1. The topological polar surface area (TPSA) is 73.2 Å². The normalized spacial score (nSPS) is 66.9. The zero-order valence-corrected chi connectivity index (χ0v) is 14.2. The molecule has 5 aliphatic rings. The van der Waals surface area contributed by atoms with Gasteiger partial charge in [0.25, 0.3) is 0 Å². The van der Waals surface area contributed by atoms with Crippen molar-refractivity contribution < 1.29 is 20.1 Å². The van der Waals surface area contributed by atoms with Crippen LogP contribution in [0.15, 0.2) is 0 Å². The van der Waals surface area contributed by atoms with Crippen molar-refractivity contribution in [2.75, 3.05) is 0 Å². The third-order valence-corrected chi connectivity index (χ3v) is 8.95. The van der Waals surface area contributed by atoms with Gasteiger partial charge in [-0.3, -0.25) is 0 Å². The number of aliphatic hydroxyl groups excluding tert-OH is 3. The molecule has 5 rings (SSSR count). The van der Waals surface area contributed by atoms with E-state index in [1.807, 2.05) is 0 Å². The van der Waals surface area contributed by atoms with Crippen molar-refractivity contribution in [3.63, 3.8) is 0 Å². The maximum absolute atomic E-state index is 11.0. The van der Waals surface area contributed by atoms with Crippen LogP contribution in [0, 0.1) is 34.5 Å². The summed E-state index contributed by atoms with van der Waals surface area (Å²) in [6.07, 6.45) is 5.11. The van der Waals surface area contributed by atoms with Gasteiger partial charge in [0.2, 0.25) is 0 Å². The maximum Gasteiger partial charge on any atom is 0.0900 e. The molecule has 3 N–H and O–H groups in total. The zero-order valence-electron chi connectivity index (χ0n) is 14.2. The summed E-state index contributed by atoms with van der Waals surface area (Å²) in [7, 11) is 0. The highest BCUT2D eigenvalue weighted by molar-refractivity contribution is 5.17. The summed E-state index contributed by atoms with van der Waals surface area (Å²) >= 11 is 0. The molecule has 0 amide bonds. The first-order chi connectivity index (χ1) is 10.9. The van der Waals surface area contributed by atoms with Gasteiger partial charge in [0.05, 0.1) is 30.5 Å². The van der Waals surface area contributed by atoms with Crippen LogP contribution in [0.5, 0.6) is 0 Å². The summed E-state index contributed by atoms with van der Waals surface area (Å²) in [4.78, 5) is 0. The van der Waals surface area contributed by atoms with E-state index in [4.69, 9.17) is 4.74 Å². The van der Waals surface area contributed by atoms with Gasteiger partial charge in [-0.15, -0.1) is 0 Å². The Morgan fingerprint density at radius 3 is 2.30 bits per heavy atom. The smallest absolute Gasteiger partial charge is 0.0900 e. The highest BCUT2D eigenvalue weighted by Gasteiger charge is 2.69. The van der Waals surface area contributed by atoms with Crippen LogP contribution in [0.2, 0.25) is 0 Å². The van der Waals surface area contributed by atoms with Crippen molar-refractivity contribution in [2.45, 2.75) is 82.9 Å². The van der Waals surface area contributed by atoms with E-state index in [1.165, 1.54) is 0 Å². The minimum Gasteiger partial charge on any atom is -0.393 e. The second-order valence-corrected chi connectivity index (χ2v) is 9.62. The molecule has 4 heteroatoms. The summed E-state index contributed by atoms with van der Waals surface area (Å²) < 4.78 is 5.82. The molecule has 130 valence electrons. The fourth-order valence-corrected chi connectivity index (χ4v) is 7.57. The molecule has 5 fully saturated rings. The van der Waals surface area contributed by atoms with Gasteiger partial charge < -0.3 is 20.1 Å². The third-order valence-electron chi connectivity index (χ3n) is 8.95. The van der Waals surface area contributed by atoms with E-state index >= 15 is 0 Å². The molecule has 23 heavy (non-hydrogen) atoms. The van der Waals surface area contributed by atoms with Gasteiger partial charge in [-0.2, -0.15) is 0 Å². The Balaban J connectivity index is 1.55. The van der Waals surface area contributed by atoms with Crippen molar-refractivity contribution in [1.29, 1.82) is 0 Å². The summed E-state index contributed by atoms with van der Waals surface area (Å²) in [5.41, 5.74) is 0.00813. The van der Waals surface area contributed by atoms with Crippen LogP contribution in [0.25, 0.3) is 0 Å². The minimum absolute atomic E-state index is 0.0711. The van der Waals surface area contributed by atoms with Crippen molar-refractivity contribution in [3.05, 3.63) is 0 Å². The van der Waals surface area contributed by atoms with E-state index in [0.29, 0.717) is 17.9 Å². The van der Waals surface area contributed by atoms with E-state index in [2.05, 4.69) is 13.8 Å². The van der Waals surface area contributed by atoms with Crippen molar-refractivity contribution in [1.82, 2.24) is 0 Å². The standard InChI is InChI=1S/C19H30O4/c1-18-7-5-10-13(9(18)3-4-12(18)20)15(21)16(22)14-17-11(23-17)6-8-19(10,14)2/h9-17,20-22H,3-8H2,1-2H3/t9?,10?,11-,12+,13?,14?,15-,16-,17-,18+,19-/m1/s1. The highest BCUT2D eigenvalue weighted by atomic mass is 16.6. The average molecular weight is 322 g/mol. The quantitative estimate of drug-likeness (QED) is 0.594. The van der Waals surface area contributed by atoms with Crippen LogP contribution in [-0.4, -0.2) is 45.8 Å². The fourth-order valence-electron chi connectivity index (χ4n) is 7.57. The van der Waals surface area contributed by atoms with Gasteiger partial charge in [-0.05, 0) is 67.1 Å². The van der Waals surface area contributed by atoms with Crippen LogP contribution in [-0.2, 0) is 4.74 Å². The molecule has 1 heterocycles. The molecule has 0 radical (unpaired) electrons. The van der Waals surface area contributed by atoms with Crippen LogP contribution >= 0.6 is 0 Å². The minimum atomic E-state index is -0.670. The first-order valence-corrected chi connectivity index (χ1v) is 9.57. The number of aliphatic hydroxyl groups is 3. The largest absolute Gasteiger partial charge is 0.393 e. The van der Waals surface area contributed by atoms with Gasteiger partial charge in [0.15, 0.2) is 0 Å². The fraction of sp³-hybridized carbons (Fsp3) is 1.00. The Hall–Kier alpha value is -0.160. The van der Waals surface area contributed by atoms with E-state index < -0.39 is 12.2 Å². The summed E-state index contributed by atoms with van der Waals surface area (Å²) in [5, 5.41) is 32.5. The van der Waals surface area contributed by atoms with Crippen molar-refractivity contribution >= 4 is 0 Å². The lowest BCUT2D eigenvalue weighted by atomic mass is 9.44. The average Bonchev–Trinajstić information content (AvgIpc) is 3.23. The van der Waals surface area contributed by atoms with E-state index in [1.54, 1.807) is 0 Å². The summed E-state index contributed by atoms with van der Waals surface area (Å²) in [5.74, 6) is 1.03. The summed E-state index contributed by atoms with van der Waals surface area (Å²) in [6, 6.07) is 0. The Bertz CT molecular complexity index is 523. The molecular formula is C19H30O4. The number of ether oxygens (including phenoxy) is 1. The molecule has 4 unspecified atom stereocenters. The Labute approximate surface area is 138 Å². The first kappa shape index (κ1) is 15.1. The monoisotopic (exact) mass is 322 g/mol. The van der Waals surface area contributed by atoms with Crippen LogP contribution in [0.4, 0.5) is 0 Å². The number of hydrogen-bond acceptors (Lipinski definition) is 4. The van der Waals surface area contributed by atoms with Gasteiger partial charge >= 0.3 is 0 Å². The second-order valence-electron chi connectivity index (χ2n) is 9.62. The first-order valence-electron chi connectivity index (χ1n) is 9.57. The van der Waals surface area contributed by atoms with Gasteiger partial charge in [-0.1, -0.05) is 13.8 Å². The number of rotatable bonds is 0. The van der Waals surface area contributed by atoms with Crippen molar-refractivity contribution in [3.8, 4) is 0 Å². The van der Waals surface area contributed by atoms with Gasteiger partial charge in [-0.25, -0.2) is 0 Å². The lowest BCUT2D eigenvalue weighted by molar-refractivity contribution is -0.215. The predicted molar refractivity (Wildman–Crippen MR) is 84.6 cm³/mol.